The van der Waals surface area contributed by atoms with Crippen LogP contribution in [0.15, 0.2) is 24.3 Å². The van der Waals surface area contributed by atoms with Gasteiger partial charge in [0.15, 0.2) is 0 Å². The summed E-state index contributed by atoms with van der Waals surface area (Å²) in [5, 5.41) is 10.3. The summed E-state index contributed by atoms with van der Waals surface area (Å²) in [5.41, 5.74) is 1.88. The zero-order valence-electron chi connectivity index (χ0n) is 10.1. The lowest BCUT2D eigenvalue weighted by Crippen LogP contribution is -2.36. The number of nitrogens with zero attached hydrogens (tertiary/aromatic N) is 1. The van der Waals surface area contributed by atoms with Crippen molar-refractivity contribution in [3.05, 3.63) is 35.4 Å². The fourth-order valence-corrected chi connectivity index (χ4v) is 2.50. The lowest BCUT2D eigenvalue weighted by atomic mass is 10.00. The van der Waals surface area contributed by atoms with E-state index in [0.717, 1.165) is 51.3 Å². The fraction of sp³-hybridized carbons (Fsp3) is 0.571. The Balaban J connectivity index is 1.77. The Morgan fingerprint density at radius 2 is 1.88 bits per heavy atom. The average molecular weight is 233 g/mol. The van der Waals surface area contributed by atoms with Gasteiger partial charge in [0, 0.05) is 19.6 Å². The number of aliphatic hydroxyl groups is 1. The van der Waals surface area contributed by atoms with Gasteiger partial charge in [0.05, 0.1) is 18.8 Å². The van der Waals surface area contributed by atoms with Crippen molar-refractivity contribution in [2.45, 2.75) is 25.0 Å². The maximum atomic E-state index is 10.3. The molecule has 1 saturated heterocycles. The van der Waals surface area contributed by atoms with Crippen LogP contribution in [0.5, 0.6) is 0 Å². The van der Waals surface area contributed by atoms with Crippen molar-refractivity contribution in [1.29, 1.82) is 0 Å². The van der Waals surface area contributed by atoms with Crippen LogP contribution in [0.4, 0.5) is 0 Å². The highest BCUT2D eigenvalue weighted by molar-refractivity contribution is 5.35. The summed E-state index contributed by atoms with van der Waals surface area (Å²) in [6.07, 6.45) is 1.82. The molecule has 0 radical (unpaired) electrons. The molecule has 1 aliphatic heterocycles. The van der Waals surface area contributed by atoms with Gasteiger partial charge in [0.1, 0.15) is 0 Å². The Morgan fingerprint density at radius 3 is 2.59 bits per heavy atom. The van der Waals surface area contributed by atoms with Crippen LogP contribution in [0.3, 0.4) is 0 Å². The van der Waals surface area contributed by atoms with E-state index in [1.807, 2.05) is 6.07 Å². The lowest BCUT2D eigenvalue weighted by molar-refractivity contribution is 0.0336. The third-order valence-corrected chi connectivity index (χ3v) is 3.74. The number of hydrogen-bond donors (Lipinski definition) is 1. The predicted molar refractivity (Wildman–Crippen MR) is 65.7 cm³/mol. The second kappa shape index (κ2) is 4.41. The fourth-order valence-electron chi connectivity index (χ4n) is 2.50. The van der Waals surface area contributed by atoms with Gasteiger partial charge in [-0.05, 0) is 24.0 Å². The maximum absolute atomic E-state index is 10.3. The van der Waals surface area contributed by atoms with Crippen molar-refractivity contribution in [3.8, 4) is 0 Å². The average Bonchev–Trinajstić information content (AvgIpc) is 3.10. The van der Waals surface area contributed by atoms with Crippen molar-refractivity contribution < 1.29 is 9.84 Å². The van der Waals surface area contributed by atoms with Crippen molar-refractivity contribution in [2.75, 3.05) is 26.3 Å². The third-order valence-electron chi connectivity index (χ3n) is 3.74. The van der Waals surface area contributed by atoms with Gasteiger partial charge in [-0.2, -0.15) is 0 Å². The molecule has 1 N–H and O–H groups in total. The Hall–Kier alpha value is -0.900. The smallest absolute Gasteiger partial charge is 0.0902 e. The molecule has 2 fully saturated rings. The second-order valence-electron chi connectivity index (χ2n) is 5.08. The molecule has 0 amide bonds. The van der Waals surface area contributed by atoms with E-state index in [1.54, 1.807) is 0 Å². The molecule has 3 nitrogen and oxygen atoms in total. The van der Waals surface area contributed by atoms with Crippen LogP contribution in [0.25, 0.3) is 0 Å². The molecular weight excluding hydrogens is 214 g/mol. The maximum Gasteiger partial charge on any atom is 0.0902 e. The highest BCUT2D eigenvalue weighted by Gasteiger charge is 2.43. The molecule has 1 aliphatic carbocycles. The van der Waals surface area contributed by atoms with Gasteiger partial charge < -0.3 is 9.84 Å². The standard InChI is InChI=1S/C14H19NO2/c16-14(5-6-14)13-4-2-1-3-12(13)11-15-7-9-17-10-8-15/h1-4,16H,5-11H2. The van der Waals surface area contributed by atoms with E-state index in [0.29, 0.717) is 0 Å². The molecule has 0 spiro atoms. The number of morpholine rings is 1. The number of hydrogen-bond acceptors (Lipinski definition) is 3. The summed E-state index contributed by atoms with van der Waals surface area (Å²) >= 11 is 0. The molecule has 2 aliphatic rings. The topological polar surface area (TPSA) is 32.7 Å². The Bertz CT molecular complexity index is 395. The Morgan fingerprint density at radius 1 is 1.18 bits per heavy atom. The van der Waals surface area contributed by atoms with E-state index in [-0.39, 0.29) is 0 Å². The first kappa shape index (κ1) is 11.2. The number of benzene rings is 1. The molecule has 0 unspecified atom stereocenters. The van der Waals surface area contributed by atoms with E-state index in [4.69, 9.17) is 4.74 Å². The molecule has 1 heterocycles. The Kier molecular flexibility index (Phi) is 2.90. The molecule has 1 aromatic carbocycles. The molecule has 1 aromatic rings. The summed E-state index contributed by atoms with van der Waals surface area (Å²) in [4.78, 5) is 2.40. The second-order valence-corrected chi connectivity index (χ2v) is 5.08. The number of rotatable bonds is 3. The molecular formula is C14H19NO2. The summed E-state index contributed by atoms with van der Waals surface area (Å²) in [7, 11) is 0. The first-order valence-electron chi connectivity index (χ1n) is 6.39. The molecule has 92 valence electrons. The summed E-state index contributed by atoms with van der Waals surface area (Å²) in [5.74, 6) is 0. The van der Waals surface area contributed by atoms with Crippen LogP contribution >= 0.6 is 0 Å². The van der Waals surface area contributed by atoms with Crippen LogP contribution in [0.2, 0.25) is 0 Å². The normalized spacial score (nSPS) is 23.6. The van der Waals surface area contributed by atoms with Gasteiger partial charge in [-0.15, -0.1) is 0 Å². The van der Waals surface area contributed by atoms with Gasteiger partial charge in [-0.25, -0.2) is 0 Å². The summed E-state index contributed by atoms with van der Waals surface area (Å²) in [6.45, 7) is 4.57. The summed E-state index contributed by atoms with van der Waals surface area (Å²) in [6, 6.07) is 8.29. The highest BCUT2D eigenvalue weighted by Crippen LogP contribution is 2.46. The van der Waals surface area contributed by atoms with Crippen molar-refractivity contribution in [2.24, 2.45) is 0 Å². The van der Waals surface area contributed by atoms with Crippen LogP contribution in [-0.4, -0.2) is 36.3 Å². The van der Waals surface area contributed by atoms with Crippen LogP contribution < -0.4 is 0 Å². The lowest BCUT2D eigenvalue weighted by Gasteiger charge is -2.28. The SMILES string of the molecule is OC1(c2ccccc2CN2CCOCC2)CC1. The van der Waals surface area contributed by atoms with Crippen LogP contribution in [0.1, 0.15) is 24.0 Å². The molecule has 1 saturated carbocycles. The van der Waals surface area contributed by atoms with Gasteiger partial charge in [-0.1, -0.05) is 24.3 Å². The molecule has 17 heavy (non-hydrogen) atoms. The minimum absolute atomic E-state index is 0.525. The van der Waals surface area contributed by atoms with Crippen molar-refractivity contribution in [3.63, 3.8) is 0 Å². The van der Waals surface area contributed by atoms with E-state index in [1.165, 1.54) is 5.56 Å². The minimum atomic E-state index is -0.525. The van der Waals surface area contributed by atoms with E-state index in [9.17, 15) is 5.11 Å². The molecule has 3 heteroatoms. The quantitative estimate of drug-likeness (QED) is 0.858. The highest BCUT2D eigenvalue weighted by atomic mass is 16.5. The summed E-state index contributed by atoms with van der Waals surface area (Å²) < 4.78 is 5.36. The zero-order valence-corrected chi connectivity index (χ0v) is 10.1. The first-order valence-corrected chi connectivity index (χ1v) is 6.39. The largest absolute Gasteiger partial charge is 0.385 e. The zero-order chi connectivity index (χ0) is 11.7. The molecule has 0 bridgehead atoms. The van der Waals surface area contributed by atoms with Gasteiger partial charge in [-0.3, -0.25) is 4.90 Å². The molecule has 3 rings (SSSR count). The monoisotopic (exact) mass is 233 g/mol. The van der Waals surface area contributed by atoms with Gasteiger partial charge >= 0.3 is 0 Å². The van der Waals surface area contributed by atoms with Crippen molar-refractivity contribution in [1.82, 2.24) is 4.90 Å². The third kappa shape index (κ3) is 2.37. The molecule has 0 aromatic heterocycles. The van der Waals surface area contributed by atoms with Crippen LogP contribution in [0, 0.1) is 0 Å². The van der Waals surface area contributed by atoms with Gasteiger partial charge in [0.2, 0.25) is 0 Å². The number of ether oxygens (including phenoxy) is 1. The van der Waals surface area contributed by atoms with Crippen molar-refractivity contribution >= 4 is 0 Å². The van der Waals surface area contributed by atoms with Gasteiger partial charge in [0.25, 0.3) is 0 Å². The van der Waals surface area contributed by atoms with E-state index in [2.05, 4.69) is 23.1 Å². The Labute approximate surface area is 102 Å². The minimum Gasteiger partial charge on any atom is -0.385 e. The molecule has 0 atom stereocenters. The first-order chi connectivity index (χ1) is 8.28. The predicted octanol–water partition coefficient (Wildman–Crippen LogP) is 1.50. The van der Waals surface area contributed by atoms with E-state index < -0.39 is 5.60 Å². The van der Waals surface area contributed by atoms with E-state index >= 15 is 0 Å². The van der Waals surface area contributed by atoms with Crippen LogP contribution in [-0.2, 0) is 16.9 Å².